The molecule has 1 unspecified atom stereocenters. The molecule has 4 nitrogen and oxygen atoms in total. The molecule has 0 saturated carbocycles. The lowest BCUT2D eigenvalue weighted by Crippen LogP contribution is -2.38. The zero-order chi connectivity index (χ0) is 13.1. The first-order chi connectivity index (χ1) is 8.86. The maximum Gasteiger partial charge on any atom is 0.191 e. The molecule has 0 amide bonds. The van der Waals surface area contributed by atoms with Crippen LogP contribution in [0.3, 0.4) is 0 Å². The van der Waals surface area contributed by atoms with Gasteiger partial charge in [0.15, 0.2) is 5.96 Å². The van der Waals surface area contributed by atoms with Crippen LogP contribution in [-0.4, -0.2) is 49.8 Å². The normalized spacial score (nSPS) is 20.1. The van der Waals surface area contributed by atoms with Gasteiger partial charge in [0.05, 0.1) is 6.54 Å². The van der Waals surface area contributed by atoms with Crippen molar-refractivity contribution in [3.8, 4) is 0 Å². The molecule has 0 aromatic carbocycles. The predicted octanol–water partition coefficient (Wildman–Crippen LogP) is 1.86. The zero-order valence-electron chi connectivity index (χ0n) is 11.7. The second kappa shape index (κ2) is 10.5. The minimum atomic E-state index is 0.726. The second-order valence-electron chi connectivity index (χ2n) is 4.33. The lowest BCUT2D eigenvalue weighted by molar-refractivity contribution is 0.145. The Morgan fingerprint density at radius 2 is 2.28 bits per heavy atom. The summed E-state index contributed by atoms with van der Waals surface area (Å²) in [5.41, 5.74) is 0. The molecule has 1 aliphatic rings. The van der Waals surface area contributed by atoms with Crippen molar-refractivity contribution in [1.82, 2.24) is 10.6 Å². The molecule has 0 aliphatic carbocycles. The van der Waals surface area contributed by atoms with Crippen LogP contribution in [-0.2, 0) is 4.74 Å². The summed E-state index contributed by atoms with van der Waals surface area (Å²) in [4.78, 5) is 4.65. The third-order valence-electron chi connectivity index (χ3n) is 2.78. The Balaban J connectivity index is 2.17. The summed E-state index contributed by atoms with van der Waals surface area (Å²) in [7, 11) is 0. The van der Waals surface area contributed by atoms with E-state index in [0.717, 1.165) is 50.5 Å². The summed E-state index contributed by atoms with van der Waals surface area (Å²) in [6.45, 7) is 8.51. The fourth-order valence-corrected chi connectivity index (χ4v) is 3.03. The summed E-state index contributed by atoms with van der Waals surface area (Å²) in [6, 6.07) is 0. The number of hydrogen-bond donors (Lipinski definition) is 2. The highest BCUT2D eigenvalue weighted by atomic mass is 32.2. The molecule has 1 aliphatic heterocycles. The van der Waals surface area contributed by atoms with Crippen molar-refractivity contribution >= 4 is 17.7 Å². The Bertz CT molecular complexity index is 230. The lowest BCUT2D eigenvalue weighted by atomic mass is 10.2. The molecule has 0 aromatic rings. The minimum absolute atomic E-state index is 0.726. The van der Waals surface area contributed by atoms with E-state index in [2.05, 4.69) is 34.3 Å². The summed E-state index contributed by atoms with van der Waals surface area (Å²) in [5, 5.41) is 7.37. The standard InChI is InChI=1S/C13H27N3OS/c1-3-14-13(15-8-6-9-17-4-2)16-11-12-7-5-10-18-12/h12H,3-11H2,1-2H3,(H2,14,15,16). The van der Waals surface area contributed by atoms with E-state index in [-0.39, 0.29) is 0 Å². The van der Waals surface area contributed by atoms with Crippen molar-refractivity contribution in [2.75, 3.05) is 38.6 Å². The van der Waals surface area contributed by atoms with Gasteiger partial charge in [-0.05, 0) is 38.9 Å². The number of nitrogens with one attached hydrogen (secondary N) is 2. The van der Waals surface area contributed by atoms with Gasteiger partial charge in [-0.3, -0.25) is 4.99 Å². The molecule has 5 heteroatoms. The van der Waals surface area contributed by atoms with Crippen molar-refractivity contribution in [2.45, 2.75) is 38.4 Å². The molecular formula is C13H27N3OS. The predicted molar refractivity (Wildman–Crippen MR) is 80.6 cm³/mol. The van der Waals surface area contributed by atoms with Crippen LogP contribution in [0.15, 0.2) is 4.99 Å². The van der Waals surface area contributed by atoms with Crippen molar-refractivity contribution in [1.29, 1.82) is 0 Å². The van der Waals surface area contributed by atoms with Gasteiger partial charge >= 0.3 is 0 Å². The molecule has 2 N–H and O–H groups in total. The highest BCUT2D eigenvalue weighted by Crippen LogP contribution is 2.25. The Kier molecular flexibility index (Phi) is 9.12. The Hall–Kier alpha value is -0.420. The quantitative estimate of drug-likeness (QED) is 0.402. The first-order valence-electron chi connectivity index (χ1n) is 7.08. The van der Waals surface area contributed by atoms with E-state index in [1.54, 1.807) is 0 Å². The molecular weight excluding hydrogens is 246 g/mol. The summed E-state index contributed by atoms with van der Waals surface area (Å²) >= 11 is 2.05. The van der Waals surface area contributed by atoms with Crippen LogP contribution in [0.1, 0.15) is 33.1 Å². The van der Waals surface area contributed by atoms with Gasteiger partial charge in [0, 0.05) is 31.6 Å². The SMILES string of the molecule is CCNC(=NCC1CCCS1)NCCCOCC. The zero-order valence-corrected chi connectivity index (χ0v) is 12.5. The molecule has 106 valence electrons. The summed E-state index contributed by atoms with van der Waals surface area (Å²) < 4.78 is 5.31. The molecule has 1 heterocycles. The number of rotatable bonds is 8. The number of ether oxygens (including phenoxy) is 1. The van der Waals surface area contributed by atoms with Crippen LogP contribution in [0.2, 0.25) is 0 Å². The number of thioether (sulfide) groups is 1. The molecule has 0 aromatic heterocycles. The Labute approximate surface area is 115 Å². The lowest BCUT2D eigenvalue weighted by Gasteiger charge is -2.12. The number of guanidine groups is 1. The fourth-order valence-electron chi connectivity index (χ4n) is 1.85. The van der Waals surface area contributed by atoms with Gasteiger partial charge in [-0.1, -0.05) is 0 Å². The number of nitrogens with zero attached hydrogens (tertiary/aromatic N) is 1. The second-order valence-corrected chi connectivity index (χ2v) is 5.74. The van der Waals surface area contributed by atoms with Crippen LogP contribution in [0.4, 0.5) is 0 Å². The summed E-state index contributed by atoms with van der Waals surface area (Å²) in [6.07, 6.45) is 3.69. The van der Waals surface area contributed by atoms with E-state index in [0.29, 0.717) is 0 Å². The van der Waals surface area contributed by atoms with Gasteiger partial charge in [-0.15, -0.1) is 0 Å². The van der Waals surface area contributed by atoms with E-state index in [1.807, 2.05) is 6.92 Å². The largest absolute Gasteiger partial charge is 0.382 e. The van der Waals surface area contributed by atoms with Crippen LogP contribution in [0.5, 0.6) is 0 Å². The minimum Gasteiger partial charge on any atom is -0.382 e. The third-order valence-corrected chi connectivity index (χ3v) is 4.16. The molecule has 1 fully saturated rings. The molecule has 1 atom stereocenters. The monoisotopic (exact) mass is 273 g/mol. The number of hydrogen-bond acceptors (Lipinski definition) is 3. The molecule has 1 saturated heterocycles. The van der Waals surface area contributed by atoms with Crippen molar-refractivity contribution < 1.29 is 4.74 Å². The van der Waals surface area contributed by atoms with Gasteiger partial charge in [-0.25, -0.2) is 0 Å². The highest BCUT2D eigenvalue weighted by molar-refractivity contribution is 8.00. The van der Waals surface area contributed by atoms with Crippen molar-refractivity contribution in [3.63, 3.8) is 0 Å². The van der Waals surface area contributed by atoms with Gasteiger partial charge in [0.1, 0.15) is 0 Å². The van der Waals surface area contributed by atoms with E-state index >= 15 is 0 Å². The molecule has 18 heavy (non-hydrogen) atoms. The van der Waals surface area contributed by atoms with E-state index in [4.69, 9.17) is 4.74 Å². The van der Waals surface area contributed by atoms with Gasteiger partial charge in [-0.2, -0.15) is 11.8 Å². The first-order valence-corrected chi connectivity index (χ1v) is 8.13. The van der Waals surface area contributed by atoms with Gasteiger partial charge < -0.3 is 15.4 Å². The Morgan fingerprint density at radius 1 is 1.39 bits per heavy atom. The van der Waals surface area contributed by atoms with E-state index in [1.165, 1.54) is 18.6 Å². The molecule has 0 spiro atoms. The van der Waals surface area contributed by atoms with Crippen LogP contribution in [0, 0.1) is 0 Å². The Morgan fingerprint density at radius 3 is 2.94 bits per heavy atom. The topological polar surface area (TPSA) is 45.7 Å². The maximum absolute atomic E-state index is 5.31. The molecule has 0 bridgehead atoms. The van der Waals surface area contributed by atoms with Crippen LogP contribution < -0.4 is 10.6 Å². The third kappa shape index (κ3) is 7.11. The average molecular weight is 273 g/mol. The van der Waals surface area contributed by atoms with Gasteiger partial charge in [0.25, 0.3) is 0 Å². The average Bonchev–Trinajstić information content (AvgIpc) is 2.88. The van der Waals surface area contributed by atoms with Gasteiger partial charge in [0.2, 0.25) is 0 Å². The van der Waals surface area contributed by atoms with Crippen molar-refractivity contribution in [3.05, 3.63) is 0 Å². The molecule has 1 rings (SSSR count). The highest BCUT2D eigenvalue weighted by Gasteiger charge is 2.14. The smallest absolute Gasteiger partial charge is 0.191 e. The van der Waals surface area contributed by atoms with Crippen molar-refractivity contribution in [2.24, 2.45) is 4.99 Å². The van der Waals surface area contributed by atoms with Crippen LogP contribution >= 0.6 is 11.8 Å². The molecule has 0 radical (unpaired) electrons. The van der Waals surface area contributed by atoms with E-state index in [9.17, 15) is 0 Å². The first kappa shape index (κ1) is 15.6. The fraction of sp³-hybridized carbons (Fsp3) is 0.923. The summed E-state index contributed by atoms with van der Waals surface area (Å²) in [5.74, 6) is 2.25. The maximum atomic E-state index is 5.31. The number of aliphatic imine (C=N–C) groups is 1. The van der Waals surface area contributed by atoms with Crippen LogP contribution in [0.25, 0.3) is 0 Å². The van der Waals surface area contributed by atoms with E-state index < -0.39 is 0 Å².